The number of aliphatic carboxylic acids is 1. The van der Waals surface area contributed by atoms with Crippen LogP contribution in [0.3, 0.4) is 0 Å². The van der Waals surface area contributed by atoms with Crippen LogP contribution < -0.4 is 10.1 Å². The number of ether oxygens (including phenoxy) is 1. The predicted molar refractivity (Wildman–Crippen MR) is 83.9 cm³/mol. The lowest BCUT2D eigenvalue weighted by molar-refractivity contribution is -0.142. The summed E-state index contributed by atoms with van der Waals surface area (Å²) in [6, 6.07) is 12.5. The molecular weight excluding hydrogens is 282 g/mol. The SMILES string of the molecule is CCCC(NC(=O)COc1ccc2ccccc2c1)C(=O)O. The molecule has 2 aromatic carbocycles. The van der Waals surface area contributed by atoms with Crippen molar-refractivity contribution in [1.29, 1.82) is 0 Å². The highest BCUT2D eigenvalue weighted by atomic mass is 16.5. The number of carbonyl (C=O) groups is 2. The minimum atomic E-state index is -1.03. The summed E-state index contributed by atoms with van der Waals surface area (Å²) in [5.74, 6) is -0.883. The Bertz CT molecular complexity index is 669. The van der Waals surface area contributed by atoms with Crippen molar-refractivity contribution in [2.75, 3.05) is 6.61 Å². The molecule has 5 nitrogen and oxygen atoms in total. The molecule has 5 heteroatoms. The van der Waals surface area contributed by atoms with Crippen molar-refractivity contribution in [2.24, 2.45) is 0 Å². The third-order valence-electron chi connectivity index (χ3n) is 3.30. The number of carboxylic acid groups (broad SMARTS) is 1. The minimum absolute atomic E-state index is 0.203. The minimum Gasteiger partial charge on any atom is -0.484 e. The first-order chi connectivity index (χ1) is 10.6. The summed E-state index contributed by atoms with van der Waals surface area (Å²) in [7, 11) is 0. The summed E-state index contributed by atoms with van der Waals surface area (Å²) < 4.78 is 5.43. The molecule has 0 spiro atoms. The number of rotatable bonds is 7. The summed E-state index contributed by atoms with van der Waals surface area (Å²) in [4.78, 5) is 22.8. The molecular formula is C17H19NO4. The molecule has 0 aliphatic carbocycles. The number of hydrogen-bond donors (Lipinski definition) is 2. The second-order valence-electron chi connectivity index (χ2n) is 5.04. The van der Waals surface area contributed by atoms with Crippen molar-refractivity contribution in [3.8, 4) is 5.75 Å². The molecule has 0 heterocycles. The van der Waals surface area contributed by atoms with E-state index < -0.39 is 17.9 Å². The molecule has 0 aliphatic heterocycles. The Balaban J connectivity index is 1.93. The van der Waals surface area contributed by atoms with Crippen LogP contribution in [0.4, 0.5) is 0 Å². The smallest absolute Gasteiger partial charge is 0.326 e. The highest BCUT2D eigenvalue weighted by Gasteiger charge is 2.18. The van der Waals surface area contributed by atoms with Crippen LogP contribution in [-0.2, 0) is 9.59 Å². The van der Waals surface area contributed by atoms with Crippen LogP contribution in [-0.4, -0.2) is 29.6 Å². The molecule has 0 aliphatic rings. The molecule has 0 fully saturated rings. The number of hydrogen-bond acceptors (Lipinski definition) is 3. The van der Waals surface area contributed by atoms with E-state index in [9.17, 15) is 9.59 Å². The standard InChI is InChI=1S/C17H19NO4/c1-2-5-15(17(20)21)18-16(19)11-22-14-9-8-12-6-3-4-7-13(12)10-14/h3-4,6-10,15H,2,5,11H2,1H3,(H,18,19)(H,20,21). The van der Waals surface area contributed by atoms with Crippen LogP contribution >= 0.6 is 0 Å². The van der Waals surface area contributed by atoms with Gasteiger partial charge in [0, 0.05) is 0 Å². The molecule has 1 unspecified atom stereocenters. The molecule has 0 radical (unpaired) electrons. The van der Waals surface area contributed by atoms with Gasteiger partial charge in [0.1, 0.15) is 11.8 Å². The Morgan fingerprint density at radius 2 is 1.91 bits per heavy atom. The van der Waals surface area contributed by atoms with Crippen molar-refractivity contribution in [1.82, 2.24) is 5.32 Å². The predicted octanol–water partition coefficient (Wildman–Crippen LogP) is 2.59. The molecule has 116 valence electrons. The Hall–Kier alpha value is -2.56. The summed E-state index contributed by atoms with van der Waals surface area (Å²) in [6.07, 6.45) is 1.08. The molecule has 1 amide bonds. The fraction of sp³-hybridized carbons (Fsp3) is 0.294. The second-order valence-corrected chi connectivity index (χ2v) is 5.04. The highest BCUT2D eigenvalue weighted by molar-refractivity contribution is 5.85. The van der Waals surface area contributed by atoms with E-state index in [0.29, 0.717) is 18.6 Å². The van der Waals surface area contributed by atoms with Gasteiger partial charge in [0.15, 0.2) is 6.61 Å². The first-order valence-electron chi connectivity index (χ1n) is 7.24. The Labute approximate surface area is 128 Å². The van der Waals surface area contributed by atoms with Gasteiger partial charge in [-0.1, -0.05) is 43.7 Å². The zero-order chi connectivity index (χ0) is 15.9. The van der Waals surface area contributed by atoms with Crippen LogP contribution in [0, 0.1) is 0 Å². The van der Waals surface area contributed by atoms with E-state index in [-0.39, 0.29) is 6.61 Å². The summed E-state index contributed by atoms with van der Waals surface area (Å²) in [5, 5.41) is 13.6. The molecule has 2 N–H and O–H groups in total. The van der Waals surface area contributed by atoms with Crippen LogP contribution in [0.25, 0.3) is 10.8 Å². The largest absolute Gasteiger partial charge is 0.484 e. The van der Waals surface area contributed by atoms with Gasteiger partial charge in [-0.25, -0.2) is 4.79 Å². The van der Waals surface area contributed by atoms with E-state index in [1.807, 2.05) is 43.3 Å². The topological polar surface area (TPSA) is 75.6 Å². The first-order valence-corrected chi connectivity index (χ1v) is 7.24. The van der Waals surface area contributed by atoms with Gasteiger partial charge in [0.25, 0.3) is 5.91 Å². The zero-order valence-corrected chi connectivity index (χ0v) is 12.4. The molecule has 0 aromatic heterocycles. The zero-order valence-electron chi connectivity index (χ0n) is 12.4. The Kier molecular flexibility index (Phi) is 5.36. The van der Waals surface area contributed by atoms with Gasteiger partial charge < -0.3 is 15.2 Å². The van der Waals surface area contributed by atoms with Gasteiger partial charge in [-0.3, -0.25) is 4.79 Å². The first kappa shape index (κ1) is 15.8. The van der Waals surface area contributed by atoms with Crippen molar-refractivity contribution in [3.63, 3.8) is 0 Å². The van der Waals surface area contributed by atoms with Crippen molar-refractivity contribution < 1.29 is 19.4 Å². The monoisotopic (exact) mass is 301 g/mol. The number of carboxylic acids is 1. The highest BCUT2D eigenvalue weighted by Crippen LogP contribution is 2.20. The van der Waals surface area contributed by atoms with E-state index in [0.717, 1.165) is 10.8 Å². The van der Waals surface area contributed by atoms with Gasteiger partial charge in [0.2, 0.25) is 0 Å². The van der Waals surface area contributed by atoms with E-state index >= 15 is 0 Å². The molecule has 2 rings (SSSR count). The molecule has 0 saturated carbocycles. The fourth-order valence-electron chi connectivity index (χ4n) is 2.19. The van der Waals surface area contributed by atoms with Gasteiger partial charge in [-0.15, -0.1) is 0 Å². The maximum Gasteiger partial charge on any atom is 0.326 e. The van der Waals surface area contributed by atoms with Crippen LogP contribution in [0.15, 0.2) is 42.5 Å². The lowest BCUT2D eigenvalue weighted by atomic mass is 10.1. The number of fused-ring (bicyclic) bond motifs is 1. The maximum atomic E-state index is 11.8. The number of carbonyl (C=O) groups excluding carboxylic acids is 1. The quantitative estimate of drug-likeness (QED) is 0.824. The van der Waals surface area contributed by atoms with Gasteiger partial charge >= 0.3 is 5.97 Å². The van der Waals surface area contributed by atoms with E-state index in [1.54, 1.807) is 6.07 Å². The molecule has 0 saturated heterocycles. The Morgan fingerprint density at radius 3 is 2.59 bits per heavy atom. The molecule has 1 atom stereocenters. The third-order valence-corrected chi connectivity index (χ3v) is 3.30. The molecule has 22 heavy (non-hydrogen) atoms. The van der Waals surface area contributed by atoms with Gasteiger partial charge in [-0.2, -0.15) is 0 Å². The summed E-state index contributed by atoms with van der Waals surface area (Å²) in [5.41, 5.74) is 0. The van der Waals surface area contributed by atoms with Gasteiger partial charge in [0.05, 0.1) is 0 Å². The van der Waals surface area contributed by atoms with Crippen molar-refractivity contribution in [3.05, 3.63) is 42.5 Å². The summed E-state index contributed by atoms with van der Waals surface area (Å²) in [6.45, 7) is 1.67. The number of nitrogens with one attached hydrogen (secondary N) is 1. The van der Waals surface area contributed by atoms with Crippen LogP contribution in [0.2, 0.25) is 0 Å². The van der Waals surface area contributed by atoms with Crippen LogP contribution in [0.1, 0.15) is 19.8 Å². The lowest BCUT2D eigenvalue weighted by Gasteiger charge is -2.14. The number of benzene rings is 2. The molecule has 2 aromatic rings. The molecule has 0 bridgehead atoms. The van der Waals surface area contributed by atoms with E-state index in [4.69, 9.17) is 9.84 Å². The van der Waals surface area contributed by atoms with E-state index in [2.05, 4.69) is 5.32 Å². The second kappa shape index (κ2) is 7.45. The van der Waals surface area contributed by atoms with Crippen LogP contribution in [0.5, 0.6) is 5.75 Å². The third kappa shape index (κ3) is 4.22. The average molecular weight is 301 g/mol. The van der Waals surface area contributed by atoms with Crippen molar-refractivity contribution >= 4 is 22.6 Å². The van der Waals surface area contributed by atoms with Crippen molar-refractivity contribution in [2.45, 2.75) is 25.8 Å². The lowest BCUT2D eigenvalue weighted by Crippen LogP contribution is -2.42. The van der Waals surface area contributed by atoms with Gasteiger partial charge in [-0.05, 0) is 29.3 Å². The average Bonchev–Trinajstić information content (AvgIpc) is 2.52. The summed E-state index contributed by atoms with van der Waals surface area (Å²) >= 11 is 0. The maximum absolute atomic E-state index is 11.8. The number of amides is 1. The fourth-order valence-corrected chi connectivity index (χ4v) is 2.19. The van der Waals surface area contributed by atoms with E-state index in [1.165, 1.54) is 0 Å². The normalized spacial score (nSPS) is 11.9. The Morgan fingerprint density at radius 1 is 1.18 bits per heavy atom.